The molecule has 1 amide bonds. The van der Waals surface area contributed by atoms with Crippen molar-refractivity contribution in [2.24, 2.45) is 5.10 Å². The predicted octanol–water partition coefficient (Wildman–Crippen LogP) is 4.76. The van der Waals surface area contributed by atoms with Crippen molar-refractivity contribution in [1.29, 1.82) is 0 Å². The third-order valence-electron chi connectivity index (χ3n) is 5.50. The first-order chi connectivity index (χ1) is 17.7. The van der Waals surface area contributed by atoms with Crippen molar-refractivity contribution in [3.8, 4) is 0 Å². The molecular weight excluding hydrogens is 514 g/mol. The zero-order valence-electron chi connectivity index (χ0n) is 21.0. The normalized spacial score (nSPS) is 12.1. The van der Waals surface area contributed by atoms with Gasteiger partial charge in [-0.05, 0) is 47.7 Å². The number of rotatable bonds is 8. The minimum atomic E-state index is -3.81. The molecule has 198 valence electrons. The van der Waals surface area contributed by atoms with E-state index in [-0.39, 0.29) is 15.9 Å². The molecule has 0 saturated heterocycles. The molecule has 0 aliphatic carbocycles. The van der Waals surface area contributed by atoms with E-state index in [1.54, 1.807) is 43.3 Å². The van der Waals surface area contributed by atoms with Crippen LogP contribution in [0.15, 0.2) is 76.7 Å². The van der Waals surface area contributed by atoms with E-state index in [2.05, 4.69) is 15.2 Å². The number of nitro benzene ring substituents is 2. The summed E-state index contributed by atoms with van der Waals surface area (Å²) in [6.07, 6.45) is 0. The van der Waals surface area contributed by atoms with Gasteiger partial charge in [-0.3, -0.25) is 29.7 Å². The zero-order chi connectivity index (χ0) is 28.3. The van der Waals surface area contributed by atoms with Crippen LogP contribution in [-0.2, 0) is 15.4 Å². The fourth-order valence-corrected chi connectivity index (χ4v) is 4.39. The minimum Gasteiger partial charge on any atom is -0.280 e. The Hall–Kier alpha value is -4.65. The van der Waals surface area contributed by atoms with Crippen LogP contribution in [0.3, 0.4) is 0 Å². The summed E-state index contributed by atoms with van der Waals surface area (Å²) < 4.78 is 28.0. The van der Waals surface area contributed by atoms with Crippen LogP contribution >= 0.6 is 0 Å². The van der Waals surface area contributed by atoms with Gasteiger partial charge in [0.1, 0.15) is 0 Å². The molecule has 0 spiro atoms. The molecule has 0 unspecified atom stereocenters. The van der Waals surface area contributed by atoms with Crippen molar-refractivity contribution in [3.63, 3.8) is 0 Å². The summed E-state index contributed by atoms with van der Waals surface area (Å²) in [7, 11) is -3.81. The summed E-state index contributed by atoms with van der Waals surface area (Å²) in [6.45, 7) is 7.68. The Morgan fingerprint density at radius 1 is 0.842 bits per heavy atom. The summed E-state index contributed by atoms with van der Waals surface area (Å²) in [6, 6.07) is 15.4. The number of benzene rings is 3. The Morgan fingerprint density at radius 2 is 1.37 bits per heavy atom. The number of nitrogens with one attached hydrogen (secondary N) is 2. The molecule has 0 aromatic heterocycles. The number of non-ortho nitro benzene ring substituents is 2. The quantitative estimate of drug-likeness (QED) is 0.236. The minimum absolute atomic E-state index is 0.110. The number of carbonyl (C=O) groups is 1. The second-order valence-corrected chi connectivity index (χ2v) is 11.0. The molecule has 3 aromatic rings. The van der Waals surface area contributed by atoms with Crippen LogP contribution < -0.4 is 10.1 Å². The van der Waals surface area contributed by atoms with E-state index in [4.69, 9.17) is 0 Å². The van der Waals surface area contributed by atoms with Gasteiger partial charge in [-0.15, -0.1) is 0 Å². The van der Waals surface area contributed by atoms with Crippen LogP contribution in [0.5, 0.6) is 0 Å². The number of amides is 1. The average Bonchev–Trinajstić information content (AvgIpc) is 2.86. The molecule has 12 nitrogen and oxygen atoms in total. The highest BCUT2D eigenvalue weighted by Gasteiger charge is 2.20. The Morgan fingerprint density at radius 3 is 1.84 bits per heavy atom. The first-order valence-corrected chi connectivity index (χ1v) is 12.7. The maximum absolute atomic E-state index is 12.8. The van der Waals surface area contributed by atoms with Crippen molar-refractivity contribution in [2.75, 3.05) is 4.72 Å². The highest BCUT2D eigenvalue weighted by Crippen LogP contribution is 2.25. The molecule has 3 aromatic carbocycles. The van der Waals surface area contributed by atoms with Crippen molar-refractivity contribution >= 4 is 38.7 Å². The number of anilines is 1. The van der Waals surface area contributed by atoms with E-state index in [0.717, 1.165) is 23.8 Å². The summed E-state index contributed by atoms with van der Waals surface area (Å²) >= 11 is 0. The van der Waals surface area contributed by atoms with Crippen LogP contribution in [0.2, 0.25) is 0 Å². The van der Waals surface area contributed by atoms with E-state index in [9.17, 15) is 33.4 Å². The number of hydrogen-bond donors (Lipinski definition) is 2. The maximum Gasteiger partial charge on any atom is 0.277 e. The number of hydrazone groups is 1. The van der Waals surface area contributed by atoms with Gasteiger partial charge in [0.05, 0.1) is 32.1 Å². The van der Waals surface area contributed by atoms with Gasteiger partial charge in [0.25, 0.3) is 27.3 Å². The SMILES string of the molecule is CC(=NNC(=O)c1cc([N+](=O)[O-])cc([N+](=O)[O-])c1)c1ccc(NS(=O)(=O)c2ccc(C(C)(C)C)cc2)cc1. The van der Waals surface area contributed by atoms with Crippen LogP contribution in [0.25, 0.3) is 0 Å². The third-order valence-corrected chi connectivity index (χ3v) is 6.89. The molecule has 3 rings (SSSR count). The predicted molar refractivity (Wildman–Crippen MR) is 142 cm³/mol. The smallest absolute Gasteiger partial charge is 0.277 e. The molecule has 0 radical (unpaired) electrons. The maximum atomic E-state index is 12.8. The first kappa shape index (κ1) is 27.9. The van der Waals surface area contributed by atoms with Gasteiger partial charge >= 0.3 is 0 Å². The van der Waals surface area contributed by atoms with E-state index in [1.807, 2.05) is 20.8 Å². The summed E-state index contributed by atoms with van der Waals surface area (Å²) in [4.78, 5) is 32.9. The Labute approximate surface area is 218 Å². The highest BCUT2D eigenvalue weighted by atomic mass is 32.2. The molecule has 0 heterocycles. The number of sulfonamides is 1. The molecular formula is C25H25N5O7S. The van der Waals surface area contributed by atoms with E-state index < -0.39 is 37.2 Å². The number of hydrogen-bond acceptors (Lipinski definition) is 8. The van der Waals surface area contributed by atoms with E-state index >= 15 is 0 Å². The lowest BCUT2D eigenvalue weighted by Gasteiger charge is -2.19. The fraction of sp³-hybridized carbons (Fsp3) is 0.200. The Kier molecular flexibility index (Phi) is 7.91. The van der Waals surface area contributed by atoms with Gasteiger partial charge in [-0.2, -0.15) is 5.10 Å². The molecule has 0 saturated carbocycles. The van der Waals surface area contributed by atoms with E-state index in [1.165, 1.54) is 12.1 Å². The lowest BCUT2D eigenvalue weighted by atomic mass is 9.87. The van der Waals surface area contributed by atoms with Gasteiger partial charge in [-0.1, -0.05) is 45.0 Å². The molecule has 2 N–H and O–H groups in total. The largest absolute Gasteiger partial charge is 0.280 e. The summed E-state index contributed by atoms with van der Waals surface area (Å²) in [5.41, 5.74) is 2.80. The van der Waals surface area contributed by atoms with E-state index in [0.29, 0.717) is 17.0 Å². The Balaban J connectivity index is 1.72. The Bertz CT molecular complexity index is 1490. The van der Waals surface area contributed by atoms with Crippen molar-refractivity contribution in [3.05, 3.63) is 104 Å². The molecule has 13 heteroatoms. The molecule has 0 atom stereocenters. The summed E-state index contributed by atoms with van der Waals surface area (Å²) in [5, 5.41) is 26.0. The van der Waals surface area contributed by atoms with Gasteiger partial charge in [-0.25, -0.2) is 13.8 Å². The van der Waals surface area contributed by atoms with Crippen LogP contribution in [0, 0.1) is 20.2 Å². The van der Waals surface area contributed by atoms with Gasteiger partial charge < -0.3 is 0 Å². The molecule has 0 fully saturated rings. The van der Waals surface area contributed by atoms with Crippen LogP contribution in [-0.4, -0.2) is 29.9 Å². The monoisotopic (exact) mass is 539 g/mol. The molecule has 0 bridgehead atoms. The van der Waals surface area contributed by atoms with Crippen LogP contribution in [0.4, 0.5) is 17.1 Å². The van der Waals surface area contributed by atoms with Gasteiger partial charge in [0.2, 0.25) is 0 Å². The van der Waals surface area contributed by atoms with Gasteiger partial charge in [0.15, 0.2) is 0 Å². The van der Waals surface area contributed by atoms with Crippen LogP contribution in [0.1, 0.15) is 49.2 Å². The number of nitro groups is 2. The average molecular weight is 540 g/mol. The molecule has 0 aliphatic rings. The lowest BCUT2D eigenvalue weighted by Crippen LogP contribution is -2.19. The standard InChI is InChI=1S/C25H25N5O7S/c1-16(26-27-24(31)18-13-21(29(32)33)15-22(14-18)30(34)35)17-5-9-20(10-6-17)28-38(36,37)23-11-7-19(8-12-23)25(2,3)4/h5-15,28H,1-4H3,(H,27,31). The summed E-state index contributed by atoms with van der Waals surface area (Å²) in [5.74, 6) is -0.877. The zero-order valence-corrected chi connectivity index (χ0v) is 21.8. The second kappa shape index (κ2) is 10.8. The third kappa shape index (κ3) is 6.76. The molecule has 38 heavy (non-hydrogen) atoms. The number of carbonyl (C=O) groups excluding carboxylic acids is 1. The van der Waals surface area contributed by atoms with Crippen molar-refractivity contribution in [2.45, 2.75) is 38.0 Å². The molecule has 0 aliphatic heterocycles. The highest BCUT2D eigenvalue weighted by molar-refractivity contribution is 7.92. The van der Waals surface area contributed by atoms with Crippen molar-refractivity contribution in [1.82, 2.24) is 5.43 Å². The lowest BCUT2D eigenvalue weighted by molar-refractivity contribution is -0.394. The second-order valence-electron chi connectivity index (χ2n) is 9.35. The number of nitrogens with zero attached hydrogens (tertiary/aromatic N) is 3. The fourth-order valence-electron chi connectivity index (χ4n) is 3.33. The first-order valence-electron chi connectivity index (χ1n) is 11.2. The topological polar surface area (TPSA) is 174 Å². The van der Waals surface area contributed by atoms with Crippen molar-refractivity contribution < 1.29 is 23.1 Å². The van der Waals surface area contributed by atoms with Gasteiger partial charge in [0, 0.05) is 17.8 Å².